The Labute approximate surface area is 105 Å². The van der Waals surface area contributed by atoms with E-state index in [0.29, 0.717) is 41.4 Å². The van der Waals surface area contributed by atoms with E-state index in [9.17, 15) is 9.00 Å². The van der Waals surface area contributed by atoms with Gasteiger partial charge >= 0.3 is 5.76 Å². The van der Waals surface area contributed by atoms with Gasteiger partial charge in [0.05, 0.1) is 16.9 Å². The van der Waals surface area contributed by atoms with Crippen LogP contribution in [-0.4, -0.2) is 33.8 Å². The smallest absolute Gasteiger partial charge is 0.408 e. The van der Waals surface area contributed by atoms with E-state index in [2.05, 4.69) is 9.88 Å². The number of benzene rings is 1. The van der Waals surface area contributed by atoms with Gasteiger partial charge in [-0.25, -0.2) is 4.79 Å². The van der Waals surface area contributed by atoms with E-state index in [-0.39, 0.29) is 0 Å². The van der Waals surface area contributed by atoms with Gasteiger partial charge in [0.25, 0.3) is 0 Å². The molecule has 3 N–H and O–H groups in total. The summed E-state index contributed by atoms with van der Waals surface area (Å²) in [4.78, 5) is 15.8. The van der Waals surface area contributed by atoms with Gasteiger partial charge in [-0.2, -0.15) is 0 Å². The van der Waals surface area contributed by atoms with Crippen molar-refractivity contribution in [3.63, 3.8) is 0 Å². The van der Waals surface area contributed by atoms with Crippen molar-refractivity contribution in [2.24, 2.45) is 0 Å². The van der Waals surface area contributed by atoms with Crippen LogP contribution < -0.4 is 16.4 Å². The molecule has 0 unspecified atom stereocenters. The lowest BCUT2D eigenvalue weighted by Crippen LogP contribution is -2.38. The number of rotatable bonds is 1. The van der Waals surface area contributed by atoms with Crippen molar-refractivity contribution in [2.45, 2.75) is 0 Å². The monoisotopic (exact) mass is 267 g/mol. The van der Waals surface area contributed by atoms with E-state index in [1.54, 1.807) is 6.07 Å². The molecule has 2 aromatic rings. The standard InChI is InChI=1S/C11H13N3O3S/c12-7-5-10-8(13-11(15)17-10)6-9(7)14-1-3-18(16)4-2-14/h5-6H,1-4,12H2,(H,13,15). The number of nitrogens with zero attached hydrogens (tertiary/aromatic N) is 1. The topological polar surface area (TPSA) is 92.3 Å². The minimum absolute atomic E-state index is 0.460. The van der Waals surface area contributed by atoms with E-state index in [4.69, 9.17) is 10.2 Å². The molecule has 96 valence electrons. The first-order chi connectivity index (χ1) is 8.63. The Morgan fingerprint density at radius 3 is 2.78 bits per heavy atom. The van der Waals surface area contributed by atoms with Crippen LogP contribution in [0.15, 0.2) is 21.3 Å². The fourth-order valence-electron chi connectivity index (χ4n) is 2.15. The molecular formula is C11H13N3O3S. The van der Waals surface area contributed by atoms with Gasteiger partial charge in [-0.05, 0) is 6.07 Å². The van der Waals surface area contributed by atoms with Crippen molar-refractivity contribution in [3.05, 3.63) is 22.7 Å². The molecule has 0 radical (unpaired) electrons. The number of H-pyrrole nitrogens is 1. The highest BCUT2D eigenvalue weighted by Crippen LogP contribution is 2.28. The molecule has 1 aromatic heterocycles. The molecular weight excluding hydrogens is 254 g/mol. The zero-order chi connectivity index (χ0) is 12.7. The Kier molecular flexibility index (Phi) is 2.62. The van der Waals surface area contributed by atoms with Crippen molar-refractivity contribution in [2.75, 3.05) is 35.2 Å². The lowest BCUT2D eigenvalue weighted by atomic mass is 10.2. The van der Waals surface area contributed by atoms with E-state index >= 15 is 0 Å². The van der Waals surface area contributed by atoms with E-state index in [0.717, 1.165) is 5.69 Å². The summed E-state index contributed by atoms with van der Waals surface area (Å²) in [6, 6.07) is 3.46. The molecule has 1 aliphatic rings. The number of aromatic nitrogens is 1. The quantitative estimate of drug-likeness (QED) is 0.724. The lowest BCUT2D eigenvalue weighted by molar-refractivity contribution is 0.555. The van der Waals surface area contributed by atoms with Crippen LogP contribution in [0.25, 0.3) is 11.1 Å². The summed E-state index contributed by atoms with van der Waals surface area (Å²) in [5.41, 5.74) is 8.49. The first kappa shape index (κ1) is 11.3. The van der Waals surface area contributed by atoms with E-state index < -0.39 is 16.6 Å². The average Bonchev–Trinajstić information content (AvgIpc) is 2.68. The summed E-state index contributed by atoms with van der Waals surface area (Å²) in [6.07, 6.45) is 0. The number of nitrogens with two attached hydrogens (primary N) is 1. The van der Waals surface area contributed by atoms with Crippen LogP contribution in [0.1, 0.15) is 0 Å². The molecule has 0 bridgehead atoms. The minimum atomic E-state index is -0.723. The second-order valence-corrected chi connectivity index (χ2v) is 5.95. The largest absolute Gasteiger partial charge is 0.417 e. The van der Waals surface area contributed by atoms with Crippen LogP contribution in [-0.2, 0) is 10.8 Å². The molecule has 1 saturated heterocycles. The van der Waals surface area contributed by atoms with Crippen molar-refractivity contribution in [1.82, 2.24) is 4.98 Å². The maximum Gasteiger partial charge on any atom is 0.417 e. The van der Waals surface area contributed by atoms with Gasteiger partial charge in [0.1, 0.15) is 0 Å². The summed E-state index contributed by atoms with van der Waals surface area (Å²) >= 11 is 0. The van der Waals surface area contributed by atoms with Crippen LogP contribution in [0.3, 0.4) is 0 Å². The molecule has 7 heteroatoms. The number of oxazole rings is 1. The average molecular weight is 267 g/mol. The maximum atomic E-state index is 11.3. The summed E-state index contributed by atoms with van der Waals surface area (Å²) in [7, 11) is -0.723. The third-order valence-corrected chi connectivity index (χ3v) is 4.36. The van der Waals surface area contributed by atoms with Gasteiger partial charge in [0.15, 0.2) is 5.58 Å². The Bertz CT molecular complexity index is 666. The summed E-state index contributed by atoms with van der Waals surface area (Å²) in [5, 5.41) is 0. The van der Waals surface area contributed by atoms with Gasteiger partial charge < -0.3 is 15.1 Å². The normalized spacial score (nSPS) is 17.4. The zero-order valence-electron chi connectivity index (χ0n) is 9.64. The molecule has 18 heavy (non-hydrogen) atoms. The molecule has 2 heterocycles. The molecule has 1 aromatic carbocycles. The van der Waals surface area contributed by atoms with E-state index in [1.165, 1.54) is 0 Å². The number of nitrogen functional groups attached to an aromatic ring is 1. The Balaban J connectivity index is 2.02. The summed E-state index contributed by atoms with van der Waals surface area (Å²) < 4.78 is 16.3. The molecule has 0 aliphatic carbocycles. The van der Waals surface area contributed by atoms with Gasteiger partial charge in [0, 0.05) is 41.5 Å². The summed E-state index contributed by atoms with van der Waals surface area (Å²) in [5.74, 6) is 0.819. The van der Waals surface area contributed by atoms with Crippen molar-refractivity contribution in [1.29, 1.82) is 0 Å². The summed E-state index contributed by atoms with van der Waals surface area (Å²) in [6.45, 7) is 1.43. The number of hydrogen-bond donors (Lipinski definition) is 2. The molecule has 1 aliphatic heterocycles. The van der Waals surface area contributed by atoms with Gasteiger partial charge in [-0.3, -0.25) is 9.19 Å². The van der Waals surface area contributed by atoms with Crippen LogP contribution in [0.4, 0.5) is 11.4 Å². The number of hydrogen-bond acceptors (Lipinski definition) is 5. The maximum absolute atomic E-state index is 11.3. The second-order valence-electron chi connectivity index (χ2n) is 4.26. The van der Waals surface area contributed by atoms with Gasteiger partial charge in [-0.1, -0.05) is 0 Å². The number of anilines is 2. The fourth-order valence-corrected chi connectivity index (χ4v) is 3.21. The predicted octanol–water partition coefficient (Wildman–Crippen LogP) is 0.272. The first-order valence-corrected chi connectivity index (χ1v) is 7.14. The van der Waals surface area contributed by atoms with Crippen LogP contribution in [0.5, 0.6) is 0 Å². The van der Waals surface area contributed by atoms with Gasteiger partial charge in [0.2, 0.25) is 0 Å². The molecule has 0 amide bonds. The Morgan fingerprint density at radius 1 is 1.33 bits per heavy atom. The zero-order valence-corrected chi connectivity index (χ0v) is 10.5. The van der Waals surface area contributed by atoms with Crippen LogP contribution >= 0.6 is 0 Å². The second kappa shape index (κ2) is 4.16. The highest BCUT2D eigenvalue weighted by atomic mass is 32.2. The van der Waals surface area contributed by atoms with Crippen LogP contribution in [0, 0.1) is 0 Å². The van der Waals surface area contributed by atoms with E-state index in [1.807, 2.05) is 6.07 Å². The van der Waals surface area contributed by atoms with Crippen molar-refractivity contribution < 1.29 is 8.63 Å². The predicted molar refractivity (Wildman–Crippen MR) is 71.3 cm³/mol. The Morgan fingerprint density at radius 2 is 2.06 bits per heavy atom. The minimum Gasteiger partial charge on any atom is -0.408 e. The molecule has 1 fully saturated rings. The number of fused-ring (bicyclic) bond motifs is 1. The third kappa shape index (κ3) is 1.90. The number of nitrogens with one attached hydrogen (secondary N) is 1. The number of aromatic amines is 1. The SMILES string of the molecule is Nc1cc2oc(=O)[nH]c2cc1N1CCS(=O)CC1. The van der Waals surface area contributed by atoms with Crippen LogP contribution in [0.2, 0.25) is 0 Å². The Hall–Kier alpha value is -1.76. The first-order valence-electron chi connectivity index (χ1n) is 5.66. The molecule has 3 rings (SSSR count). The van der Waals surface area contributed by atoms with Crippen molar-refractivity contribution >= 4 is 33.3 Å². The lowest BCUT2D eigenvalue weighted by Gasteiger charge is -2.29. The molecule has 0 atom stereocenters. The molecule has 0 spiro atoms. The third-order valence-electron chi connectivity index (χ3n) is 3.09. The van der Waals surface area contributed by atoms with Crippen molar-refractivity contribution in [3.8, 4) is 0 Å². The highest BCUT2D eigenvalue weighted by molar-refractivity contribution is 7.85. The molecule has 6 nitrogen and oxygen atoms in total. The molecule has 0 saturated carbocycles. The van der Waals surface area contributed by atoms with Gasteiger partial charge in [-0.15, -0.1) is 0 Å². The highest BCUT2D eigenvalue weighted by Gasteiger charge is 2.18. The fraction of sp³-hybridized carbons (Fsp3) is 0.364.